The second-order valence-corrected chi connectivity index (χ2v) is 10.2. The number of benzene rings is 2. The first-order valence-electron chi connectivity index (χ1n) is 10.4. The Balaban J connectivity index is 1.60. The van der Waals surface area contributed by atoms with Crippen LogP contribution < -0.4 is 20.1 Å². The summed E-state index contributed by atoms with van der Waals surface area (Å²) in [5.74, 6) is 0.00664. The monoisotopic (exact) mass is 493 g/mol. The number of hydrogen-bond acceptors (Lipinski definition) is 6. The number of carbonyl (C=O) groups is 2. The highest BCUT2D eigenvalue weighted by Gasteiger charge is 2.41. The quantitative estimate of drug-likeness (QED) is 0.661. The molecule has 11 heteroatoms. The lowest BCUT2D eigenvalue weighted by Crippen LogP contribution is -2.43. The predicted molar refractivity (Wildman–Crippen MR) is 123 cm³/mol. The average molecular weight is 494 g/mol. The third kappa shape index (κ3) is 4.38. The summed E-state index contributed by atoms with van der Waals surface area (Å²) in [7, 11) is -2.52. The van der Waals surface area contributed by atoms with E-state index in [1.807, 2.05) is 0 Å². The van der Waals surface area contributed by atoms with Crippen LogP contribution in [0.25, 0.3) is 0 Å². The Hall–Kier alpha value is -2.82. The standard InChI is InChI=1S/C22H24ClN3O6S/c1-12-9-16-19(32-13(2)21(27)25-16)11-20(12)33(29,30)26-8-4-5-17(26)22(28)24-14-6-7-18(31-3)15(23)10-14/h6-7,9-11,13,17H,4-5,8H2,1-3H3,(H,24,28)(H,25,27)/t13-,17-/m1/s1. The highest BCUT2D eigenvalue weighted by atomic mass is 35.5. The number of fused-ring (bicyclic) bond motifs is 1. The Morgan fingerprint density at radius 1 is 1.30 bits per heavy atom. The molecule has 2 atom stereocenters. The van der Waals surface area contributed by atoms with E-state index in [0.717, 1.165) is 0 Å². The Morgan fingerprint density at radius 2 is 2.06 bits per heavy atom. The van der Waals surface area contributed by atoms with Crippen molar-refractivity contribution in [2.45, 2.75) is 43.7 Å². The molecule has 1 saturated heterocycles. The Labute approximate surface area is 197 Å². The molecule has 2 aliphatic rings. The Morgan fingerprint density at radius 3 is 2.76 bits per heavy atom. The maximum absolute atomic E-state index is 13.6. The molecular weight excluding hydrogens is 470 g/mol. The molecule has 2 aromatic carbocycles. The van der Waals surface area contributed by atoms with Crippen molar-refractivity contribution in [1.82, 2.24) is 4.31 Å². The number of nitrogens with one attached hydrogen (secondary N) is 2. The summed E-state index contributed by atoms with van der Waals surface area (Å²) in [5, 5.41) is 5.79. The molecule has 0 bridgehead atoms. The number of aryl methyl sites for hydroxylation is 1. The van der Waals surface area contributed by atoms with Gasteiger partial charge in [-0.15, -0.1) is 0 Å². The molecule has 2 N–H and O–H groups in total. The number of rotatable bonds is 5. The lowest BCUT2D eigenvalue weighted by Gasteiger charge is -2.27. The molecule has 2 aromatic rings. The van der Waals surface area contributed by atoms with Crippen molar-refractivity contribution in [2.75, 3.05) is 24.3 Å². The number of anilines is 2. The molecule has 176 valence electrons. The van der Waals surface area contributed by atoms with Gasteiger partial charge < -0.3 is 20.1 Å². The molecule has 0 aliphatic carbocycles. The fourth-order valence-electron chi connectivity index (χ4n) is 4.01. The zero-order chi connectivity index (χ0) is 23.9. The maximum Gasteiger partial charge on any atom is 0.265 e. The van der Waals surface area contributed by atoms with Crippen LogP contribution in [0.15, 0.2) is 35.2 Å². The topological polar surface area (TPSA) is 114 Å². The van der Waals surface area contributed by atoms with E-state index in [-0.39, 0.29) is 23.1 Å². The summed E-state index contributed by atoms with van der Waals surface area (Å²) in [6.45, 7) is 3.44. The number of sulfonamides is 1. The van der Waals surface area contributed by atoms with Crippen molar-refractivity contribution >= 4 is 44.8 Å². The molecule has 33 heavy (non-hydrogen) atoms. The SMILES string of the molecule is COc1ccc(NC(=O)[C@H]2CCCN2S(=O)(=O)c2cc3c(cc2C)NC(=O)[C@@H](C)O3)cc1Cl. The van der Waals surface area contributed by atoms with Gasteiger partial charge in [-0.25, -0.2) is 8.42 Å². The number of hydrogen-bond donors (Lipinski definition) is 2. The minimum atomic E-state index is -4.01. The third-order valence-electron chi connectivity index (χ3n) is 5.72. The first-order valence-corrected chi connectivity index (χ1v) is 12.2. The van der Waals surface area contributed by atoms with Gasteiger partial charge in [0.25, 0.3) is 5.91 Å². The number of halogens is 1. The van der Waals surface area contributed by atoms with E-state index in [4.69, 9.17) is 21.1 Å². The first kappa shape index (κ1) is 23.3. The van der Waals surface area contributed by atoms with E-state index in [0.29, 0.717) is 40.6 Å². The van der Waals surface area contributed by atoms with E-state index in [1.165, 1.54) is 17.5 Å². The first-order chi connectivity index (χ1) is 15.6. The van der Waals surface area contributed by atoms with Crippen LogP contribution in [-0.4, -0.2) is 50.3 Å². The van der Waals surface area contributed by atoms with Gasteiger partial charge in [-0.05, 0) is 56.5 Å². The molecule has 2 heterocycles. The van der Waals surface area contributed by atoms with Gasteiger partial charge >= 0.3 is 0 Å². The lowest BCUT2D eigenvalue weighted by molar-refractivity contribution is -0.122. The molecule has 2 amide bonds. The molecule has 0 saturated carbocycles. The number of methoxy groups -OCH3 is 1. The molecule has 1 fully saturated rings. The lowest BCUT2D eigenvalue weighted by atomic mass is 10.1. The van der Waals surface area contributed by atoms with Crippen LogP contribution in [0.4, 0.5) is 11.4 Å². The molecule has 0 unspecified atom stereocenters. The van der Waals surface area contributed by atoms with Crippen molar-refractivity contribution in [3.05, 3.63) is 40.9 Å². The molecule has 0 radical (unpaired) electrons. The Kier molecular flexibility index (Phi) is 6.26. The predicted octanol–water partition coefficient (Wildman–Crippen LogP) is 3.17. The summed E-state index contributed by atoms with van der Waals surface area (Å²) in [6.07, 6.45) is 0.203. The van der Waals surface area contributed by atoms with Crippen LogP contribution in [0.1, 0.15) is 25.3 Å². The number of amides is 2. The van der Waals surface area contributed by atoms with Crippen LogP contribution in [0.2, 0.25) is 5.02 Å². The highest BCUT2D eigenvalue weighted by molar-refractivity contribution is 7.89. The van der Waals surface area contributed by atoms with Crippen LogP contribution in [0.3, 0.4) is 0 Å². The fraction of sp³-hybridized carbons (Fsp3) is 0.364. The van der Waals surface area contributed by atoms with Gasteiger partial charge in [0.15, 0.2) is 6.10 Å². The van der Waals surface area contributed by atoms with Gasteiger partial charge in [-0.1, -0.05) is 11.6 Å². The minimum Gasteiger partial charge on any atom is -0.495 e. The summed E-state index contributed by atoms with van der Waals surface area (Å²) in [5.41, 5.74) is 1.31. The van der Waals surface area contributed by atoms with E-state index >= 15 is 0 Å². The average Bonchev–Trinajstić information content (AvgIpc) is 3.26. The molecule has 2 aliphatic heterocycles. The fourth-order valence-corrected chi connectivity index (χ4v) is 6.14. The van der Waals surface area contributed by atoms with E-state index in [1.54, 1.807) is 38.1 Å². The number of ether oxygens (including phenoxy) is 2. The van der Waals surface area contributed by atoms with Crippen molar-refractivity contribution in [1.29, 1.82) is 0 Å². The smallest absolute Gasteiger partial charge is 0.265 e. The molecule has 0 spiro atoms. The summed E-state index contributed by atoms with van der Waals surface area (Å²) in [6, 6.07) is 6.91. The zero-order valence-electron chi connectivity index (χ0n) is 18.3. The third-order valence-corrected chi connectivity index (χ3v) is 8.07. The van der Waals surface area contributed by atoms with Crippen LogP contribution in [0.5, 0.6) is 11.5 Å². The van der Waals surface area contributed by atoms with Crippen molar-refractivity contribution < 1.29 is 27.5 Å². The zero-order valence-corrected chi connectivity index (χ0v) is 19.9. The van der Waals surface area contributed by atoms with Gasteiger partial charge in [0, 0.05) is 18.3 Å². The maximum atomic E-state index is 13.6. The van der Waals surface area contributed by atoms with Gasteiger partial charge in [0.2, 0.25) is 15.9 Å². The minimum absolute atomic E-state index is 0.0387. The van der Waals surface area contributed by atoms with E-state index in [2.05, 4.69) is 10.6 Å². The van der Waals surface area contributed by atoms with Crippen LogP contribution >= 0.6 is 11.6 Å². The van der Waals surface area contributed by atoms with Crippen LogP contribution in [0, 0.1) is 6.92 Å². The van der Waals surface area contributed by atoms with Crippen molar-refractivity contribution in [3.63, 3.8) is 0 Å². The van der Waals surface area contributed by atoms with Gasteiger partial charge in [-0.2, -0.15) is 4.31 Å². The van der Waals surface area contributed by atoms with Gasteiger partial charge in [0.1, 0.15) is 17.5 Å². The van der Waals surface area contributed by atoms with Crippen LogP contribution in [-0.2, 0) is 19.6 Å². The van der Waals surface area contributed by atoms with E-state index < -0.39 is 28.1 Å². The summed E-state index contributed by atoms with van der Waals surface area (Å²) in [4.78, 5) is 24.9. The van der Waals surface area contributed by atoms with Crippen molar-refractivity contribution in [3.8, 4) is 11.5 Å². The molecular formula is C22H24ClN3O6S. The highest BCUT2D eigenvalue weighted by Crippen LogP contribution is 2.37. The second kappa shape index (κ2) is 8.85. The van der Waals surface area contributed by atoms with Gasteiger partial charge in [-0.3, -0.25) is 9.59 Å². The Bertz CT molecular complexity index is 1230. The number of nitrogens with zero attached hydrogens (tertiary/aromatic N) is 1. The summed E-state index contributed by atoms with van der Waals surface area (Å²) >= 11 is 6.13. The molecule has 9 nitrogen and oxygen atoms in total. The summed E-state index contributed by atoms with van der Waals surface area (Å²) < 4.78 is 39.0. The van der Waals surface area contributed by atoms with E-state index in [9.17, 15) is 18.0 Å². The van der Waals surface area contributed by atoms with Gasteiger partial charge in [0.05, 0.1) is 22.7 Å². The molecule has 0 aromatic heterocycles. The number of carbonyl (C=O) groups excluding carboxylic acids is 2. The largest absolute Gasteiger partial charge is 0.495 e. The normalized spacial score (nSPS) is 20.5. The van der Waals surface area contributed by atoms with Crippen molar-refractivity contribution in [2.24, 2.45) is 0 Å². The second-order valence-electron chi connectivity index (χ2n) is 7.98. The molecule has 4 rings (SSSR count).